The van der Waals surface area contributed by atoms with Crippen molar-refractivity contribution in [2.45, 2.75) is 50.3 Å². The van der Waals surface area contributed by atoms with Crippen molar-refractivity contribution < 1.29 is 41.5 Å². The average molecular weight is 652 g/mol. The van der Waals surface area contributed by atoms with Crippen LogP contribution in [0, 0.1) is 23.4 Å². The number of methoxy groups -OCH3 is 1. The summed E-state index contributed by atoms with van der Waals surface area (Å²) in [5, 5.41) is 16.6. The summed E-state index contributed by atoms with van der Waals surface area (Å²) in [5.74, 6) is -2.71. The summed E-state index contributed by atoms with van der Waals surface area (Å²) < 4.78 is 63.4. The number of anilines is 1. The van der Waals surface area contributed by atoms with Gasteiger partial charge in [0.2, 0.25) is 0 Å². The lowest BCUT2D eigenvalue weighted by atomic mass is 10.0. The third-order valence-corrected chi connectivity index (χ3v) is 7.87. The van der Waals surface area contributed by atoms with Crippen LogP contribution in [-0.4, -0.2) is 71.5 Å². The molecular weight excluding hydrogens is 611 g/mol. The van der Waals surface area contributed by atoms with Crippen LogP contribution in [0.3, 0.4) is 0 Å². The van der Waals surface area contributed by atoms with E-state index in [1.165, 1.54) is 32.2 Å². The number of rotatable bonds is 15. The number of carbonyl (C=O) groups excluding carboxylic acids is 2. The SMILES string of the molecule is CNc1ccc(F)c(F)c1.COc1ccc(S(=O)N(CC(C)C)CC(O)C(Cc2ccccc2)NC(=O)C(C)OC=O)cc1F. The van der Waals surface area contributed by atoms with Crippen molar-refractivity contribution in [2.24, 2.45) is 5.92 Å². The predicted octanol–water partition coefficient (Wildman–Crippen LogP) is 4.47. The second-order valence-electron chi connectivity index (χ2n) is 10.4. The number of nitrogens with one attached hydrogen (secondary N) is 2. The first-order valence-corrected chi connectivity index (χ1v) is 15.2. The fourth-order valence-electron chi connectivity index (χ4n) is 4.11. The highest BCUT2D eigenvalue weighted by atomic mass is 32.2. The van der Waals surface area contributed by atoms with E-state index >= 15 is 0 Å². The van der Waals surface area contributed by atoms with E-state index < -0.39 is 52.6 Å². The zero-order chi connectivity index (χ0) is 33.5. The molecular formula is C32H40F3N3O6S. The molecule has 9 nitrogen and oxygen atoms in total. The minimum Gasteiger partial charge on any atom is -0.494 e. The molecule has 0 aliphatic carbocycles. The van der Waals surface area contributed by atoms with Gasteiger partial charge in [-0.15, -0.1) is 0 Å². The van der Waals surface area contributed by atoms with Gasteiger partial charge in [0.15, 0.2) is 29.3 Å². The normalized spacial score (nSPS) is 13.6. The number of hydrogen-bond donors (Lipinski definition) is 3. The van der Waals surface area contributed by atoms with Crippen LogP contribution in [0.1, 0.15) is 26.3 Å². The maximum Gasteiger partial charge on any atom is 0.293 e. The van der Waals surface area contributed by atoms with Gasteiger partial charge < -0.3 is 25.2 Å². The molecule has 246 valence electrons. The summed E-state index contributed by atoms with van der Waals surface area (Å²) in [6.45, 7) is 5.79. The lowest BCUT2D eigenvalue weighted by Crippen LogP contribution is -2.52. The predicted molar refractivity (Wildman–Crippen MR) is 166 cm³/mol. The number of benzene rings is 3. The van der Waals surface area contributed by atoms with E-state index in [-0.39, 0.29) is 29.6 Å². The van der Waals surface area contributed by atoms with Gasteiger partial charge in [-0.2, -0.15) is 0 Å². The van der Waals surface area contributed by atoms with Gasteiger partial charge in [0, 0.05) is 25.8 Å². The maximum atomic E-state index is 14.2. The first-order valence-electron chi connectivity index (χ1n) is 14.1. The molecule has 0 bridgehead atoms. The van der Waals surface area contributed by atoms with Crippen LogP contribution < -0.4 is 15.4 Å². The van der Waals surface area contributed by atoms with E-state index in [2.05, 4.69) is 10.6 Å². The molecule has 3 aromatic carbocycles. The molecule has 13 heteroatoms. The van der Waals surface area contributed by atoms with Crippen molar-refractivity contribution >= 4 is 29.1 Å². The van der Waals surface area contributed by atoms with Gasteiger partial charge in [-0.25, -0.2) is 21.7 Å². The molecule has 0 aromatic heterocycles. The molecule has 3 N–H and O–H groups in total. The zero-order valence-electron chi connectivity index (χ0n) is 25.8. The summed E-state index contributed by atoms with van der Waals surface area (Å²) in [4.78, 5) is 23.4. The van der Waals surface area contributed by atoms with E-state index in [0.717, 1.165) is 23.8 Å². The molecule has 0 aliphatic rings. The van der Waals surface area contributed by atoms with Gasteiger partial charge in [-0.3, -0.25) is 9.59 Å². The molecule has 0 radical (unpaired) electrons. The molecule has 0 aliphatic heterocycles. The number of hydrogen-bond acceptors (Lipinski definition) is 7. The van der Waals surface area contributed by atoms with Crippen LogP contribution in [-0.2, 0) is 31.7 Å². The van der Waals surface area contributed by atoms with Crippen LogP contribution in [0.5, 0.6) is 5.75 Å². The minimum absolute atomic E-state index is 0.0403. The standard InChI is InChI=1S/C25H33FN2O6S.C7H7F2N/c1-17(2)14-28(35(32)20-10-11-24(33-4)21(26)13-20)15-23(30)22(12-19-8-6-5-7-9-19)27-25(31)18(3)34-16-29;1-10-5-2-3-6(8)7(9)4-5/h5-11,13,16-18,22-23,30H,12,14-15H2,1-4H3,(H,27,31);2-4,10H,1H3. The van der Waals surface area contributed by atoms with Crippen molar-refractivity contribution in [2.75, 3.05) is 32.6 Å². The summed E-state index contributed by atoms with van der Waals surface area (Å²) in [6, 6.07) is 16.2. The first-order chi connectivity index (χ1) is 21.4. The topological polar surface area (TPSA) is 117 Å². The Labute approximate surface area is 264 Å². The molecule has 3 rings (SSSR count). The molecule has 4 atom stereocenters. The van der Waals surface area contributed by atoms with Gasteiger partial charge in [0.25, 0.3) is 12.4 Å². The van der Waals surface area contributed by atoms with Crippen LogP contribution >= 0.6 is 0 Å². The second kappa shape index (κ2) is 18.8. The Morgan fingerprint density at radius 3 is 2.22 bits per heavy atom. The molecule has 45 heavy (non-hydrogen) atoms. The summed E-state index contributed by atoms with van der Waals surface area (Å²) in [6.07, 6.45) is -1.88. The lowest BCUT2D eigenvalue weighted by Gasteiger charge is -2.30. The smallest absolute Gasteiger partial charge is 0.293 e. The highest BCUT2D eigenvalue weighted by Gasteiger charge is 2.29. The minimum atomic E-state index is -1.78. The van der Waals surface area contributed by atoms with Crippen LogP contribution in [0.15, 0.2) is 71.6 Å². The highest BCUT2D eigenvalue weighted by Crippen LogP contribution is 2.22. The molecule has 0 heterocycles. The Kier molecular flexibility index (Phi) is 15.5. The van der Waals surface area contributed by atoms with Gasteiger partial charge in [-0.1, -0.05) is 44.2 Å². The number of amides is 1. The van der Waals surface area contributed by atoms with E-state index in [0.29, 0.717) is 18.7 Å². The Morgan fingerprint density at radius 2 is 1.67 bits per heavy atom. The second-order valence-corrected chi connectivity index (χ2v) is 11.9. The molecule has 0 saturated carbocycles. The highest BCUT2D eigenvalue weighted by molar-refractivity contribution is 7.82. The number of halogens is 3. The number of aliphatic hydroxyl groups is 1. The van der Waals surface area contributed by atoms with Crippen LogP contribution in [0.2, 0.25) is 0 Å². The fraction of sp³-hybridized carbons (Fsp3) is 0.375. The van der Waals surface area contributed by atoms with E-state index in [1.807, 2.05) is 44.2 Å². The third kappa shape index (κ3) is 12.2. The van der Waals surface area contributed by atoms with Gasteiger partial charge in [0.1, 0.15) is 11.0 Å². The fourth-order valence-corrected chi connectivity index (χ4v) is 5.51. The molecule has 0 saturated heterocycles. The van der Waals surface area contributed by atoms with Crippen molar-refractivity contribution in [3.63, 3.8) is 0 Å². The van der Waals surface area contributed by atoms with Gasteiger partial charge >= 0.3 is 0 Å². The number of aliphatic hydroxyl groups excluding tert-OH is 1. The Hall–Kier alpha value is -3.94. The number of nitrogens with zero attached hydrogens (tertiary/aromatic N) is 1. The third-order valence-electron chi connectivity index (χ3n) is 6.45. The van der Waals surface area contributed by atoms with Crippen molar-refractivity contribution in [3.8, 4) is 5.75 Å². The Balaban J connectivity index is 0.000000596. The van der Waals surface area contributed by atoms with Gasteiger partial charge in [-0.05, 0) is 61.2 Å². The molecule has 0 fully saturated rings. The van der Waals surface area contributed by atoms with Crippen LogP contribution in [0.4, 0.5) is 18.9 Å². The summed E-state index contributed by atoms with van der Waals surface area (Å²) >= 11 is 0. The molecule has 4 unspecified atom stereocenters. The zero-order valence-corrected chi connectivity index (χ0v) is 26.7. The number of ether oxygens (including phenoxy) is 2. The van der Waals surface area contributed by atoms with Crippen molar-refractivity contribution in [1.82, 2.24) is 9.62 Å². The van der Waals surface area contributed by atoms with Gasteiger partial charge in [0.05, 0.1) is 24.2 Å². The van der Waals surface area contributed by atoms with Crippen molar-refractivity contribution in [3.05, 3.63) is 89.7 Å². The monoisotopic (exact) mass is 651 g/mol. The summed E-state index contributed by atoms with van der Waals surface area (Å²) in [5.41, 5.74) is 1.44. The van der Waals surface area contributed by atoms with E-state index in [4.69, 9.17) is 9.47 Å². The Bertz CT molecular complexity index is 1400. The lowest BCUT2D eigenvalue weighted by molar-refractivity contribution is -0.144. The molecule has 0 spiro atoms. The van der Waals surface area contributed by atoms with E-state index in [9.17, 15) is 32.1 Å². The summed E-state index contributed by atoms with van der Waals surface area (Å²) in [7, 11) is 1.22. The van der Waals surface area contributed by atoms with Crippen LogP contribution in [0.25, 0.3) is 0 Å². The largest absolute Gasteiger partial charge is 0.494 e. The number of carbonyl (C=O) groups is 2. The Morgan fingerprint density at radius 1 is 0.978 bits per heavy atom. The van der Waals surface area contributed by atoms with E-state index in [1.54, 1.807) is 11.4 Å². The quantitative estimate of drug-likeness (QED) is 0.208. The molecule has 3 aromatic rings. The average Bonchev–Trinajstić information content (AvgIpc) is 3.02. The molecule has 1 amide bonds. The van der Waals surface area contributed by atoms with Crippen molar-refractivity contribution in [1.29, 1.82) is 0 Å². The maximum absolute atomic E-state index is 14.2. The first kappa shape index (κ1) is 37.2.